The van der Waals surface area contributed by atoms with Crippen LogP contribution in [0.15, 0.2) is 36.6 Å². The Hall–Kier alpha value is -1.78. The van der Waals surface area contributed by atoms with E-state index in [1.165, 1.54) is 4.90 Å². The summed E-state index contributed by atoms with van der Waals surface area (Å²) in [6.45, 7) is 5.34. The first kappa shape index (κ1) is 16.1. The highest BCUT2D eigenvalue weighted by Crippen LogP contribution is 2.37. The van der Waals surface area contributed by atoms with Crippen LogP contribution in [0.3, 0.4) is 0 Å². The maximum atomic E-state index is 12.8. The molecule has 0 aliphatic carbocycles. The van der Waals surface area contributed by atoms with Crippen LogP contribution >= 0.6 is 23.2 Å². The lowest BCUT2D eigenvalue weighted by atomic mass is 10.0. The summed E-state index contributed by atoms with van der Waals surface area (Å²) in [6.07, 6.45) is 3.56. The molecule has 0 saturated carbocycles. The highest BCUT2D eigenvalue weighted by molar-refractivity contribution is 6.41. The van der Waals surface area contributed by atoms with E-state index >= 15 is 0 Å². The van der Waals surface area contributed by atoms with Gasteiger partial charge in [0, 0.05) is 30.2 Å². The summed E-state index contributed by atoms with van der Waals surface area (Å²) in [5, 5.41) is 0.854. The van der Waals surface area contributed by atoms with Gasteiger partial charge in [-0.05, 0) is 25.0 Å². The third-order valence-corrected chi connectivity index (χ3v) is 4.63. The summed E-state index contributed by atoms with van der Waals surface area (Å²) in [4.78, 5) is 28.7. The second-order valence-corrected chi connectivity index (χ2v) is 6.40. The Bertz CT molecular complexity index is 721. The van der Waals surface area contributed by atoms with Crippen molar-refractivity contribution in [2.75, 3.05) is 19.6 Å². The van der Waals surface area contributed by atoms with Crippen molar-refractivity contribution >= 4 is 40.6 Å². The van der Waals surface area contributed by atoms with E-state index in [0.717, 1.165) is 25.9 Å². The third kappa shape index (κ3) is 2.77. The van der Waals surface area contributed by atoms with Crippen molar-refractivity contribution in [1.82, 2.24) is 9.80 Å². The first-order valence-corrected chi connectivity index (χ1v) is 8.22. The lowest BCUT2D eigenvalue weighted by Crippen LogP contribution is -2.34. The molecule has 0 spiro atoms. The third-order valence-electron chi connectivity index (χ3n) is 4.08. The molecule has 1 aromatic carbocycles. The molecule has 0 atom stereocenters. The molecule has 3 rings (SSSR count). The largest absolute Gasteiger partial charge is 0.366 e. The molecule has 0 bridgehead atoms. The van der Waals surface area contributed by atoms with Crippen molar-refractivity contribution in [3.05, 3.63) is 52.2 Å². The maximum Gasteiger partial charge on any atom is 0.278 e. The number of hydrogen-bond donors (Lipinski definition) is 0. The van der Waals surface area contributed by atoms with Gasteiger partial charge in [0.1, 0.15) is 5.70 Å². The Morgan fingerprint density at radius 2 is 1.83 bits per heavy atom. The lowest BCUT2D eigenvalue weighted by Gasteiger charge is -2.19. The number of hydrogen-bond acceptors (Lipinski definition) is 3. The molecule has 4 nitrogen and oxygen atoms in total. The summed E-state index contributed by atoms with van der Waals surface area (Å²) in [5.74, 6) is -0.612. The van der Waals surface area contributed by atoms with Crippen LogP contribution in [0.2, 0.25) is 10.0 Å². The molecule has 120 valence electrons. The quantitative estimate of drug-likeness (QED) is 0.617. The normalized spacial score (nSPS) is 18.3. The van der Waals surface area contributed by atoms with E-state index in [1.807, 2.05) is 4.90 Å². The number of benzene rings is 1. The van der Waals surface area contributed by atoms with Crippen LogP contribution in [0.5, 0.6) is 0 Å². The number of likely N-dealkylation sites (tertiary alicyclic amines) is 1. The summed E-state index contributed by atoms with van der Waals surface area (Å²) < 4.78 is 0. The smallest absolute Gasteiger partial charge is 0.278 e. The van der Waals surface area contributed by atoms with E-state index in [2.05, 4.69) is 6.58 Å². The van der Waals surface area contributed by atoms with E-state index in [1.54, 1.807) is 24.3 Å². The maximum absolute atomic E-state index is 12.8. The Balaban J connectivity index is 2.15. The van der Waals surface area contributed by atoms with Crippen molar-refractivity contribution in [3.63, 3.8) is 0 Å². The number of carbonyl (C=O) groups excluding carboxylic acids is 2. The molecule has 0 radical (unpaired) electrons. The highest BCUT2D eigenvalue weighted by Gasteiger charge is 2.42. The molecule has 2 aliphatic rings. The topological polar surface area (TPSA) is 40.6 Å². The summed E-state index contributed by atoms with van der Waals surface area (Å²) in [6, 6.07) is 4.95. The number of amides is 2. The van der Waals surface area contributed by atoms with Crippen molar-refractivity contribution < 1.29 is 9.59 Å². The molecule has 0 unspecified atom stereocenters. The van der Waals surface area contributed by atoms with Gasteiger partial charge < -0.3 is 4.90 Å². The van der Waals surface area contributed by atoms with E-state index in [9.17, 15) is 9.59 Å². The SMILES string of the molecule is C=CCN1C(=O)C(c2ccc(Cl)cc2Cl)=C(N2CCCC2)C1=O. The molecular weight excluding hydrogens is 335 g/mol. The van der Waals surface area contributed by atoms with E-state index < -0.39 is 0 Å². The van der Waals surface area contributed by atoms with Gasteiger partial charge in [0.25, 0.3) is 11.8 Å². The minimum Gasteiger partial charge on any atom is -0.366 e. The Labute approximate surface area is 145 Å². The first-order chi connectivity index (χ1) is 11.0. The Morgan fingerprint density at radius 1 is 1.13 bits per heavy atom. The molecule has 1 aromatic rings. The summed E-state index contributed by atoms with van der Waals surface area (Å²) in [7, 11) is 0. The minimum absolute atomic E-state index is 0.184. The fourth-order valence-electron chi connectivity index (χ4n) is 3.03. The predicted octanol–water partition coefficient (Wildman–Crippen LogP) is 3.36. The molecule has 1 fully saturated rings. The van der Waals surface area contributed by atoms with Gasteiger partial charge in [-0.2, -0.15) is 0 Å². The van der Waals surface area contributed by atoms with Crippen LogP contribution in [0.1, 0.15) is 18.4 Å². The van der Waals surface area contributed by atoms with E-state index in [4.69, 9.17) is 23.2 Å². The van der Waals surface area contributed by atoms with Gasteiger partial charge in [-0.15, -0.1) is 6.58 Å². The Kier molecular flexibility index (Phi) is 4.46. The van der Waals surface area contributed by atoms with Gasteiger partial charge >= 0.3 is 0 Å². The molecule has 0 N–H and O–H groups in total. The summed E-state index contributed by atoms with van der Waals surface area (Å²) in [5.41, 5.74) is 1.35. The van der Waals surface area contributed by atoms with Gasteiger partial charge in [0.2, 0.25) is 0 Å². The van der Waals surface area contributed by atoms with Crippen LogP contribution in [-0.4, -0.2) is 41.2 Å². The zero-order valence-electron chi connectivity index (χ0n) is 12.5. The van der Waals surface area contributed by atoms with E-state index in [0.29, 0.717) is 26.9 Å². The number of halogens is 2. The van der Waals surface area contributed by atoms with Crippen LogP contribution in [0, 0.1) is 0 Å². The molecule has 6 heteroatoms. The average molecular weight is 351 g/mol. The number of rotatable bonds is 4. The number of imide groups is 1. The van der Waals surface area contributed by atoms with Crippen LogP contribution in [-0.2, 0) is 9.59 Å². The zero-order chi connectivity index (χ0) is 16.6. The number of carbonyl (C=O) groups is 2. The molecule has 2 heterocycles. The zero-order valence-corrected chi connectivity index (χ0v) is 14.0. The second-order valence-electron chi connectivity index (χ2n) is 5.55. The van der Waals surface area contributed by atoms with Gasteiger partial charge in [-0.25, -0.2) is 0 Å². The van der Waals surface area contributed by atoms with Gasteiger partial charge in [0.15, 0.2) is 0 Å². The predicted molar refractivity (Wildman–Crippen MR) is 91.1 cm³/mol. The second kappa shape index (κ2) is 6.38. The van der Waals surface area contributed by atoms with Gasteiger partial charge in [-0.3, -0.25) is 14.5 Å². The lowest BCUT2D eigenvalue weighted by molar-refractivity contribution is -0.136. The standard InChI is InChI=1S/C17H16Cl2N2O2/c1-2-7-21-16(22)14(12-6-5-11(18)10-13(12)19)15(17(21)23)20-8-3-4-9-20/h2,5-6,10H,1,3-4,7-9H2. The van der Waals surface area contributed by atoms with Crippen molar-refractivity contribution in [3.8, 4) is 0 Å². The van der Waals surface area contributed by atoms with Crippen molar-refractivity contribution in [2.45, 2.75) is 12.8 Å². The van der Waals surface area contributed by atoms with Crippen molar-refractivity contribution in [1.29, 1.82) is 0 Å². The molecule has 2 amide bonds. The molecule has 2 aliphatic heterocycles. The number of nitrogens with zero attached hydrogens (tertiary/aromatic N) is 2. The monoisotopic (exact) mass is 350 g/mol. The first-order valence-electron chi connectivity index (χ1n) is 7.46. The summed E-state index contributed by atoms with van der Waals surface area (Å²) >= 11 is 12.2. The molecule has 23 heavy (non-hydrogen) atoms. The highest BCUT2D eigenvalue weighted by atomic mass is 35.5. The fourth-order valence-corrected chi connectivity index (χ4v) is 3.53. The fraction of sp³-hybridized carbons (Fsp3) is 0.294. The van der Waals surface area contributed by atoms with Crippen LogP contribution in [0.25, 0.3) is 5.57 Å². The van der Waals surface area contributed by atoms with Gasteiger partial charge in [0.05, 0.1) is 10.6 Å². The Morgan fingerprint density at radius 3 is 2.43 bits per heavy atom. The average Bonchev–Trinajstić information content (AvgIpc) is 3.10. The molecular formula is C17H16Cl2N2O2. The minimum atomic E-state index is -0.332. The van der Waals surface area contributed by atoms with Crippen molar-refractivity contribution in [2.24, 2.45) is 0 Å². The molecule has 1 saturated heterocycles. The van der Waals surface area contributed by atoms with Crippen LogP contribution < -0.4 is 0 Å². The van der Waals surface area contributed by atoms with Crippen LogP contribution in [0.4, 0.5) is 0 Å². The van der Waals surface area contributed by atoms with Gasteiger partial charge in [-0.1, -0.05) is 35.3 Å². The van der Waals surface area contributed by atoms with E-state index in [-0.39, 0.29) is 18.4 Å². The molecule has 0 aromatic heterocycles.